The van der Waals surface area contributed by atoms with Gasteiger partial charge in [0.2, 0.25) is 0 Å². The third-order valence-corrected chi connectivity index (χ3v) is 4.95. The van der Waals surface area contributed by atoms with Crippen LogP contribution in [-0.4, -0.2) is 20.3 Å². The standard InChI is InChI=1S/C18H13ClN4OS/c19-14-4-2-1-3-13(14)11-21-17(24)15-16(12-5-7-20-8-6-12)23-9-10-25-18(23)22-15/h1-10H,11H2,(H,21,24). The Bertz CT molecular complexity index is 1040. The van der Waals surface area contributed by atoms with Gasteiger partial charge in [0.05, 0.1) is 5.69 Å². The van der Waals surface area contributed by atoms with Crippen molar-refractivity contribution < 1.29 is 4.79 Å². The Kier molecular flexibility index (Phi) is 4.21. The zero-order valence-electron chi connectivity index (χ0n) is 13.0. The first-order chi connectivity index (χ1) is 12.2. The third kappa shape index (κ3) is 3.01. The van der Waals surface area contributed by atoms with Gasteiger partial charge in [-0.1, -0.05) is 29.8 Å². The minimum atomic E-state index is -0.234. The number of fused-ring (bicyclic) bond motifs is 1. The Morgan fingerprint density at radius 1 is 1.20 bits per heavy atom. The molecule has 4 aromatic rings. The smallest absolute Gasteiger partial charge is 0.272 e. The zero-order chi connectivity index (χ0) is 17.2. The molecule has 0 saturated heterocycles. The lowest BCUT2D eigenvalue weighted by molar-refractivity contribution is 0.0947. The highest BCUT2D eigenvalue weighted by molar-refractivity contribution is 7.15. The molecule has 0 radical (unpaired) electrons. The number of amides is 1. The Labute approximate surface area is 152 Å². The van der Waals surface area contributed by atoms with E-state index in [1.54, 1.807) is 18.5 Å². The van der Waals surface area contributed by atoms with Gasteiger partial charge < -0.3 is 5.32 Å². The van der Waals surface area contributed by atoms with Gasteiger partial charge in [-0.3, -0.25) is 14.2 Å². The van der Waals surface area contributed by atoms with E-state index in [2.05, 4.69) is 15.3 Å². The van der Waals surface area contributed by atoms with Crippen LogP contribution in [0.15, 0.2) is 60.4 Å². The molecule has 5 nitrogen and oxygen atoms in total. The van der Waals surface area contributed by atoms with Gasteiger partial charge in [0, 0.05) is 41.1 Å². The van der Waals surface area contributed by atoms with Crippen LogP contribution >= 0.6 is 22.9 Å². The van der Waals surface area contributed by atoms with Gasteiger partial charge in [0.15, 0.2) is 10.7 Å². The molecule has 0 aliphatic rings. The predicted molar refractivity (Wildman–Crippen MR) is 98.9 cm³/mol. The van der Waals surface area contributed by atoms with Gasteiger partial charge in [0.1, 0.15) is 0 Å². The number of rotatable bonds is 4. The van der Waals surface area contributed by atoms with Gasteiger partial charge in [-0.25, -0.2) is 4.98 Å². The summed E-state index contributed by atoms with van der Waals surface area (Å²) in [5.74, 6) is -0.234. The van der Waals surface area contributed by atoms with Crippen molar-refractivity contribution in [1.82, 2.24) is 19.7 Å². The summed E-state index contributed by atoms with van der Waals surface area (Å²) in [6.07, 6.45) is 5.31. The summed E-state index contributed by atoms with van der Waals surface area (Å²) < 4.78 is 1.92. The summed E-state index contributed by atoms with van der Waals surface area (Å²) in [6, 6.07) is 11.2. The first kappa shape index (κ1) is 15.8. The van der Waals surface area contributed by atoms with E-state index in [1.165, 1.54) is 11.3 Å². The number of hydrogen-bond donors (Lipinski definition) is 1. The van der Waals surface area contributed by atoms with Crippen molar-refractivity contribution in [2.75, 3.05) is 0 Å². The molecule has 3 heterocycles. The van der Waals surface area contributed by atoms with Crippen molar-refractivity contribution in [1.29, 1.82) is 0 Å². The maximum Gasteiger partial charge on any atom is 0.272 e. The van der Waals surface area contributed by atoms with E-state index < -0.39 is 0 Å². The Morgan fingerprint density at radius 2 is 2.00 bits per heavy atom. The molecule has 1 aromatic carbocycles. The van der Waals surface area contributed by atoms with Crippen LogP contribution in [0.5, 0.6) is 0 Å². The fraction of sp³-hybridized carbons (Fsp3) is 0.0556. The minimum absolute atomic E-state index is 0.234. The lowest BCUT2D eigenvalue weighted by atomic mass is 10.1. The third-order valence-electron chi connectivity index (χ3n) is 3.83. The first-order valence-electron chi connectivity index (χ1n) is 7.61. The summed E-state index contributed by atoms with van der Waals surface area (Å²) in [4.78, 5) is 22.1. The quantitative estimate of drug-likeness (QED) is 0.591. The topological polar surface area (TPSA) is 59.3 Å². The van der Waals surface area contributed by atoms with Gasteiger partial charge in [-0.2, -0.15) is 0 Å². The number of thiazole rings is 1. The van der Waals surface area contributed by atoms with Crippen LogP contribution in [0, 0.1) is 0 Å². The van der Waals surface area contributed by atoms with Gasteiger partial charge in [0.25, 0.3) is 5.91 Å². The van der Waals surface area contributed by atoms with E-state index >= 15 is 0 Å². The number of carbonyl (C=O) groups is 1. The van der Waals surface area contributed by atoms with Crippen molar-refractivity contribution >= 4 is 33.8 Å². The molecule has 0 saturated carbocycles. The van der Waals surface area contributed by atoms with Crippen LogP contribution < -0.4 is 5.32 Å². The van der Waals surface area contributed by atoms with Gasteiger partial charge >= 0.3 is 0 Å². The summed E-state index contributed by atoms with van der Waals surface area (Å²) >= 11 is 7.64. The second kappa shape index (κ2) is 6.66. The second-order valence-electron chi connectivity index (χ2n) is 5.37. The molecule has 0 aliphatic carbocycles. The van der Waals surface area contributed by atoms with E-state index in [1.807, 2.05) is 46.3 Å². The lowest BCUT2D eigenvalue weighted by Gasteiger charge is -2.07. The van der Waals surface area contributed by atoms with Crippen LogP contribution in [0.4, 0.5) is 0 Å². The minimum Gasteiger partial charge on any atom is -0.346 e. The molecule has 0 atom stereocenters. The van der Waals surface area contributed by atoms with Crippen LogP contribution in [0.1, 0.15) is 16.1 Å². The zero-order valence-corrected chi connectivity index (χ0v) is 14.6. The molecule has 0 bridgehead atoms. The van der Waals surface area contributed by atoms with Crippen molar-refractivity contribution in [2.24, 2.45) is 0 Å². The fourth-order valence-corrected chi connectivity index (χ4v) is 3.55. The highest BCUT2D eigenvalue weighted by atomic mass is 35.5. The lowest BCUT2D eigenvalue weighted by Crippen LogP contribution is -2.24. The normalized spacial score (nSPS) is 10.9. The molecule has 4 rings (SSSR count). The summed E-state index contributed by atoms with van der Waals surface area (Å²) in [5, 5.41) is 5.48. The largest absolute Gasteiger partial charge is 0.346 e. The Morgan fingerprint density at radius 3 is 2.80 bits per heavy atom. The number of carbonyl (C=O) groups excluding carboxylic acids is 1. The van der Waals surface area contributed by atoms with Crippen LogP contribution in [0.25, 0.3) is 16.2 Å². The molecule has 7 heteroatoms. The predicted octanol–water partition coefficient (Wildman–Crippen LogP) is 4.04. The number of imidazole rings is 1. The van der Waals surface area contributed by atoms with Crippen molar-refractivity contribution in [2.45, 2.75) is 6.54 Å². The first-order valence-corrected chi connectivity index (χ1v) is 8.87. The Hall–Kier alpha value is -2.70. The molecule has 1 N–H and O–H groups in total. The number of aromatic nitrogens is 3. The van der Waals surface area contributed by atoms with Gasteiger partial charge in [-0.15, -0.1) is 11.3 Å². The summed E-state index contributed by atoms with van der Waals surface area (Å²) in [7, 11) is 0. The van der Waals surface area contributed by atoms with Crippen molar-refractivity contribution in [3.05, 3.63) is 76.6 Å². The Balaban J connectivity index is 1.68. The fourth-order valence-electron chi connectivity index (χ4n) is 2.63. The summed E-state index contributed by atoms with van der Waals surface area (Å²) in [5.41, 5.74) is 2.91. The van der Waals surface area contributed by atoms with E-state index in [9.17, 15) is 4.79 Å². The van der Waals surface area contributed by atoms with E-state index in [0.717, 1.165) is 21.8 Å². The molecule has 124 valence electrons. The molecule has 0 unspecified atom stereocenters. The second-order valence-corrected chi connectivity index (χ2v) is 6.65. The molecule has 0 aliphatic heterocycles. The number of hydrogen-bond acceptors (Lipinski definition) is 4. The number of nitrogens with zero attached hydrogens (tertiary/aromatic N) is 3. The summed E-state index contributed by atoms with van der Waals surface area (Å²) in [6.45, 7) is 0.347. The maximum absolute atomic E-state index is 12.8. The van der Waals surface area contributed by atoms with Crippen LogP contribution in [0.2, 0.25) is 5.02 Å². The van der Waals surface area contributed by atoms with E-state index in [0.29, 0.717) is 17.3 Å². The molecule has 1 amide bonds. The number of pyridine rings is 1. The number of nitrogens with one attached hydrogen (secondary N) is 1. The molecule has 3 aromatic heterocycles. The molecular weight excluding hydrogens is 356 g/mol. The van der Waals surface area contributed by atoms with Crippen molar-refractivity contribution in [3.8, 4) is 11.3 Å². The highest BCUT2D eigenvalue weighted by Crippen LogP contribution is 2.27. The molecule has 25 heavy (non-hydrogen) atoms. The van der Waals surface area contributed by atoms with Crippen LogP contribution in [0.3, 0.4) is 0 Å². The number of halogens is 1. The monoisotopic (exact) mass is 368 g/mol. The number of benzene rings is 1. The average Bonchev–Trinajstić information content (AvgIpc) is 3.22. The highest BCUT2D eigenvalue weighted by Gasteiger charge is 2.21. The van der Waals surface area contributed by atoms with Crippen LogP contribution in [-0.2, 0) is 6.54 Å². The molecule has 0 spiro atoms. The average molecular weight is 369 g/mol. The maximum atomic E-state index is 12.8. The molecular formula is C18H13ClN4OS. The molecule has 0 fully saturated rings. The van der Waals surface area contributed by atoms with Crippen molar-refractivity contribution in [3.63, 3.8) is 0 Å². The SMILES string of the molecule is O=C(NCc1ccccc1Cl)c1nc2sccn2c1-c1ccncc1. The van der Waals surface area contributed by atoms with E-state index in [-0.39, 0.29) is 5.91 Å². The van der Waals surface area contributed by atoms with E-state index in [4.69, 9.17) is 11.6 Å². The van der Waals surface area contributed by atoms with Gasteiger partial charge in [-0.05, 0) is 23.8 Å².